The summed E-state index contributed by atoms with van der Waals surface area (Å²) in [5.41, 5.74) is 2.91. The normalized spacial score (nSPS) is 12.3. The number of rotatable bonds is 4. The van der Waals surface area contributed by atoms with Crippen molar-refractivity contribution in [1.82, 2.24) is 14.5 Å². The minimum Gasteiger partial charge on any atom is -0.340 e. The number of carbonyl (C=O) groups is 1. The fraction of sp³-hybridized carbons (Fsp3) is 0.222. The van der Waals surface area contributed by atoms with E-state index in [9.17, 15) is 4.79 Å². The number of halogens is 1. The molecule has 4 nitrogen and oxygen atoms in total. The third-order valence-electron chi connectivity index (χ3n) is 3.96. The maximum atomic E-state index is 12.7. The Morgan fingerprint density at radius 3 is 2.65 bits per heavy atom. The first kappa shape index (κ1) is 15.6. The van der Waals surface area contributed by atoms with Gasteiger partial charge in [0.1, 0.15) is 6.04 Å². The molecule has 23 heavy (non-hydrogen) atoms. The number of nitrogens with zero attached hydrogens (tertiary/aromatic N) is 3. The lowest BCUT2D eigenvalue weighted by Gasteiger charge is -2.22. The first-order valence-electron chi connectivity index (χ1n) is 7.47. The number of carbonyl (C=O) groups excluding carboxylic acids is 1. The minimum atomic E-state index is -0.306. The van der Waals surface area contributed by atoms with Crippen LogP contribution < -0.4 is 0 Å². The molecule has 1 aromatic heterocycles. The number of benzene rings is 2. The predicted molar refractivity (Wildman–Crippen MR) is 92.4 cm³/mol. The number of hydrogen-bond donors (Lipinski definition) is 0. The van der Waals surface area contributed by atoms with Crippen molar-refractivity contribution in [1.29, 1.82) is 0 Å². The van der Waals surface area contributed by atoms with E-state index in [1.807, 2.05) is 67.1 Å². The molecule has 0 saturated carbocycles. The monoisotopic (exact) mass is 327 g/mol. The lowest BCUT2D eigenvalue weighted by Crippen LogP contribution is -2.32. The van der Waals surface area contributed by atoms with Crippen LogP contribution in [0.3, 0.4) is 0 Å². The summed E-state index contributed by atoms with van der Waals surface area (Å²) in [6.07, 6.45) is 1.73. The number of para-hydroxylation sites is 2. The summed E-state index contributed by atoms with van der Waals surface area (Å²) in [6.45, 7) is 2.45. The van der Waals surface area contributed by atoms with Gasteiger partial charge in [-0.05, 0) is 36.8 Å². The first-order valence-corrected chi connectivity index (χ1v) is 7.85. The number of likely N-dealkylation sites (N-methyl/N-ethyl adjacent to an activating group) is 1. The molecule has 1 heterocycles. The summed E-state index contributed by atoms with van der Waals surface area (Å²) in [5, 5.41) is 0.695. The van der Waals surface area contributed by atoms with Crippen LogP contribution in [-0.4, -0.2) is 27.4 Å². The lowest BCUT2D eigenvalue weighted by atomic mass is 10.2. The van der Waals surface area contributed by atoms with Crippen LogP contribution in [0.15, 0.2) is 54.9 Å². The van der Waals surface area contributed by atoms with Gasteiger partial charge >= 0.3 is 0 Å². The van der Waals surface area contributed by atoms with Crippen LogP contribution in [0.5, 0.6) is 0 Å². The van der Waals surface area contributed by atoms with Crippen LogP contribution in [0.2, 0.25) is 5.02 Å². The van der Waals surface area contributed by atoms with Crippen molar-refractivity contribution >= 4 is 28.5 Å². The molecule has 0 spiro atoms. The Labute approximate surface area is 140 Å². The van der Waals surface area contributed by atoms with Crippen molar-refractivity contribution in [2.24, 2.45) is 0 Å². The summed E-state index contributed by atoms with van der Waals surface area (Å²) in [5.74, 6) is 0.0445. The van der Waals surface area contributed by atoms with Crippen molar-refractivity contribution in [3.8, 4) is 0 Å². The summed E-state index contributed by atoms with van der Waals surface area (Å²) >= 11 is 5.89. The molecule has 1 unspecified atom stereocenters. The highest BCUT2D eigenvalue weighted by Crippen LogP contribution is 2.19. The number of aromatic nitrogens is 2. The van der Waals surface area contributed by atoms with E-state index in [4.69, 9.17) is 11.6 Å². The van der Waals surface area contributed by atoms with E-state index in [0.717, 1.165) is 16.6 Å². The van der Waals surface area contributed by atoms with Crippen molar-refractivity contribution in [3.05, 3.63) is 65.4 Å². The highest BCUT2D eigenvalue weighted by Gasteiger charge is 2.20. The van der Waals surface area contributed by atoms with Gasteiger partial charge < -0.3 is 9.47 Å². The molecule has 0 aliphatic heterocycles. The second kappa shape index (κ2) is 6.42. The molecular weight excluding hydrogens is 310 g/mol. The molecule has 118 valence electrons. The standard InChI is InChI=1S/C18H18ClN3O/c1-13(22-12-20-16-5-3-4-6-17(16)22)18(23)21(2)11-14-7-9-15(19)10-8-14/h3-10,12-13H,11H2,1-2H3. The third-order valence-corrected chi connectivity index (χ3v) is 4.22. The zero-order valence-electron chi connectivity index (χ0n) is 13.1. The zero-order valence-corrected chi connectivity index (χ0v) is 13.9. The minimum absolute atomic E-state index is 0.0445. The van der Waals surface area contributed by atoms with E-state index in [1.54, 1.807) is 11.2 Å². The molecule has 0 N–H and O–H groups in total. The summed E-state index contributed by atoms with van der Waals surface area (Å²) in [4.78, 5) is 18.8. The maximum Gasteiger partial charge on any atom is 0.245 e. The van der Waals surface area contributed by atoms with Gasteiger partial charge in [0.05, 0.1) is 17.4 Å². The summed E-state index contributed by atoms with van der Waals surface area (Å²) < 4.78 is 1.91. The van der Waals surface area contributed by atoms with E-state index in [0.29, 0.717) is 11.6 Å². The SMILES string of the molecule is CC(C(=O)N(C)Cc1ccc(Cl)cc1)n1cnc2ccccc21. The molecule has 1 amide bonds. The number of fused-ring (bicyclic) bond motifs is 1. The van der Waals surface area contributed by atoms with E-state index >= 15 is 0 Å². The molecule has 0 fully saturated rings. The average Bonchev–Trinajstić information content (AvgIpc) is 2.99. The van der Waals surface area contributed by atoms with Crippen molar-refractivity contribution in [3.63, 3.8) is 0 Å². The van der Waals surface area contributed by atoms with Gasteiger partial charge in [0.15, 0.2) is 0 Å². The fourth-order valence-electron chi connectivity index (χ4n) is 2.67. The molecule has 2 aromatic carbocycles. The zero-order chi connectivity index (χ0) is 16.4. The Kier molecular flexibility index (Phi) is 4.35. The van der Waals surface area contributed by atoms with Gasteiger partial charge in [0.25, 0.3) is 0 Å². The quantitative estimate of drug-likeness (QED) is 0.728. The number of imidazole rings is 1. The van der Waals surface area contributed by atoms with E-state index in [1.165, 1.54) is 0 Å². The first-order chi connectivity index (χ1) is 11.1. The lowest BCUT2D eigenvalue weighted by molar-refractivity contribution is -0.133. The predicted octanol–water partition coefficient (Wildman–Crippen LogP) is 3.91. The van der Waals surface area contributed by atoms with Crippen molar-refractivity contribution in [2.45, 2.75) is 19.5 Å². The molecule has 0 aliphatic carbocycles. The van der Waals surface area contributed by atoms with Gasteiger partial charge in [0, 0.05) is 18.6 Å². The van der Waals surface area contributed by atoms with Crippen LogP contribution in [0.1, 0.15) is 18.5 Å². The smallest absolute Gasteiger partial charge is 0.245 e. The topological polar surface area (TPSA) is 38.1 Å². The Morgan fingerprint density at radius 2 is 1.91 bits per heavy atom. The van der Waals surface area contributed by atoms with Gasteiger partial charge in [-0.15, -0.1) is 0 Å². The van der Waals surface area contributed by atoms with Crippen molar-refractivity contribution in [2.75, 3.05) is 7.05 Å². The van der Waals surface area contributed by atoms with Crippen LogP contribution in [0, 0.1) is 0 Å². The maximum absolute atomic E-state index is 12.7. The molecule has 5 heteroatoms. The van der Waals surface area contributed by atoms with Gasteiger partial charge in [0.2, 0.25) is 5.91 Å². The summed E-state index contributed by atoms with van der Waals surface area (Å²) in [6, 6.07) is 15.1. The van der Waals surface area contributed by atoms with Crippen LogP contribution >= 0.6 is 11.6 Å². The van der Waals surface area contributed by atoms with Gasteiger partial charge in [-0.1, -0.05) is 35.9 Å². The highest BCUT2D eigenvalue weighted by molar-refractivity contribution is 6.30. The Balaban J connectivity index is 1.77. The van der Waals surface area contributed by atoms with E-state index < -0.39 is 0 Å². The molecule has 3 aromatic rings. The number of hydrogen-bond acceptors (Lipinski definition) is 2. The Bertz CT molecular complexity index is 826. The summed E-state index contributed by atoms with van der Waals surface area (Å²) in [7, 11) is 1.81. The van der Waals surface area contributed by atoms with Gasteiger partial charge in [-0.25, -0.2) is 4.98 Å². The van der Waals surface area contributed by atoms with Crippen LogP contribution in [-0.2, 0) is 11.3 Å². The Hall–Kier alpha value is -2.33. The van der Waals surface area contributed by atoms with Gasteiger partial charge in [-0.2, -0.15) is 0 Å². The average molecular weight is 328 g/mol. The fourth-order valence-corrected chi connectivity index (χ4v) is 2.79. The number of amides is 1. The molecule has 0 radical (unpaired) electrons. The van der Waals surface area contributed by atoms with Crippen molar-refractivity contribution < 1.29 is 4.79 Å². The molecule has 0 bridgehead atoms. The van der Waals surface area contributed by atoms with Gasteiger partial charge in [-0.3, -0.25) is 4.79 Å². The molecular formula is C18H18ClN3O. The second-order valence-corrected chi connectivity index (χ2v) is 6.07. The highest BCUT2D eigenvalue weighted by atomic mass is 35.5. The van der Waals surface area contributed by atoms with E-state index in [2.05, 4.69) is 4.98 Å². The van der Waals surface area contributed by atoms with E-state index in [-0.39, 0.29) is 11.9 Å². The Morgan fingerprint density at radius 1 is 1.22 bits per heavy atom. The molecule has 0 saturated heterocycles. The third kappa shape index (κ3) is 3.22. The molecule has 0 aliphatic rings. The molecule has 3 rings (SSSR count). The van der Waals surface area contributed by atoms with Crippen LogP contribution in [0.4, 0.5) is 0 Å². The second-order valence-electron chi connectivity index (χ2n) is 5.64. The largest absolute Gasteiger partial charge is 0.340 e. The van der Waals surface area contributed by atoms with Crippen LogP contribution in [0.25, 0.3) is 11.0 Å². The molecule has 1 atom stereocenters.